The van der Waals surface area contributed by atoms with Gasteiger partial charge in [-0.2, -0.15) is 18.3 Å². The lowest BCUT2D eigenvalue weighted by molar-refractivity contribution is -0.140. The number of carboxylic acids is 1. The molecule has 0 saturated heterocycles. The maximum atomic E-state index is 13.3. The molecule has 0 unspecified atom stereocenters. The van der Waals surface area contributed by atoms with Gasteiger partial charge in [0.25, 0.3) is 0 Å². The zero-order chi connectivity index (χ0) is 18.9. The van der Waals surface area contributed by atoms with Crippen LogP contribution in [0, 0.1) is 0 Å². The summed E-state index contributed by atoms with van der Waals surface area (Å²) < 4.78 is 46.2. The summed E-state index contributed by atoms with van der Waals surface area (Å²) in [4.78, 5) is 10.9. The number of nitrogens with zero attached hydrogens (tertiary/aromatic N) is 2. The van der Waals surface area contributed by atoms with Crippen molar-refractivity contribution in [1.82, 2.24) is 9.78 Å². The molecule has 8 heteroatoms. The molecule has 1 aromatic heterocycles. The molecule has 3 rings (SSSR count). The molecule has 0 fully saturated rings. The number of rotatable bonds is 5. The summed E-state index contributed by atoms with van der Waals surface area (Å²) >= 11 is 0. The molecule has 26 heavy (non-hydrogen) atoms. The van der Waals surface area contributed by atoms with Gasteiger partial charge < -0.3 is 9.84 Å². The van der Waals surface area contributed by atoms with Gasteiger partial charge >= 0.3 is 12.1 Å². The maximum Gasteiger partial charge on any atom is 0.435 e. The molecule has 0 saturated carbocycles. The predicted octanol–water partition coefficient (Wildman–Crippen LogP) is 3.74. The Hall–Kier alpha value is -3.03. The number of aliphatic carboxylic acids is 1. The van der Waals surface area contributed by atoms with Crippen LogP contribution in [0.4, 0.5) is 13.2 Å². The molecule has 0 aliphatic rings. The average Bonchev–Trinajstić information content (AvgIpc) is 2.93. The highest BCUT2D eigenvalue weighted by Crippen LogP contribution is 2.34. The predicted molar refractivity (Wildman–Crippen MR) is 88.2 cm³/mol. The van der Waals surface area contributed by atoms with Crippen LogP contribution in [0.25, 0.3) is 10.9 Å². The van der Waals surface area contributed by atoms with Gasteiger partial charge in [-0.05, 0) is 29.3 Å². The van der Waals surface area contributed by atoms with Crippen LogP contribution in [0.5, 0.6) is 5.75 Å². The van der Waals surface area contributed by atoms with Crippen LogP contribution in [0.15, 0.2) is 42.5 Å². The lowest BCUT2D eigenvalue weighted by atomic mass is 10.1. The first-order valence-corrected chi connectivity index (χ1v) is 7.69. The first-order valence-electron chi connectivity index (χ1n) is 7.69. The van der Waals surface area contributed by atoms with E-state index in [-0.39, 0.29) is 23.9 Å². The van der Waals surface area contributed by atoms with E-state index in [2.05, 4.69) is 5.10 Å². The minimum atomic E-state index is -4.60. The molecule has 0 bridgehead atoms. The van der Waals surface area contributed by atoms with E-state index >= 15 is 0 Å². The Labute approximate surface area is 146 Å². The summed E-state index contributed by atoms with van der Waals surface area (Å²) in [6.07, 6.45) is -4.87. The minimum Gasteiger partial charge on any atom is -0.497 e. The maximum absolute atomic E-state index is 13.3. The number of benzene rings is 2. The van der Waals surface area contributed by atoms with Crippen molar-refractivity contribution in [3.8, 4) is 5.75 Å². The van der Waals surface area contributed by atoms with E-state index in [4.69, 9.17) is 9.84 Å². The molecule has 1 N–H and O–H groups in total. The van der Waals surface area contributed by atoms with Gasteiger partial charge in [-0.3, -0.25) is 9.48 Å². The summed E-state index contributed by atoms with van der Waals surface area (Å²) in [7, 11) is 1.52. The van der Waals surface area contributed by atoms with Gasteiger partial charge in [0.05, 0.1) is 25.6 Å². The number of alkyl halides is 3. The van der Waals surface area contributed by atoms with Gasteiger partial charge in [0.1, 0.15) is 5.75 Å². The Morgan fingerprint density at radius 3 is 2.38 bits per heavy atom. The van der Waals surface area contributed by atoms with Gasteiger partial charge in [-0.25, -0.2) is 0 Å². The third-order valence-electron chi connectivity index (χ3n) is 3.93. The van der Waals surface area contributed by atoms with E-state index in [1.807, 2.05) is 0 Å². The van der Waals surface area contributed by atoms with Crippen molar-refractivity contribution in [1.29, 1.82) is 0 Å². The van der Waals surface area contributed by atoms with E-state index in [0.717, 1.165) is 5.56 Å². The molecular formula is C18H15F3N2O3. The molecule has 5 nitrogen and oxygen atoms in total. The Morgan fingerprint density at radius 2 is 1.81 bits per heavy atom. The topological polar surface area (TPSA) is 64.4 Å². The molecule has 0 radical (unpaired) electrons. The third kappa shape index (κ3) is 3.63. The Balaban J connectivity index is 2.07. The molecule has 1 heterocycles. The van der Waals surface area contributed by atoms with E-state index in [1.165, 1.54) is 30.0 Å². The van der Waals surface area contributed by atoms with Crippen LogP contribution >= 0.6 is 0 Å². The highest BCUT2D eigenvalue weighted by Gasteiger charge is 2.36. The first-order chi connectivity index (χ1) is 12.3. The second kappa shape index (κ2) is 6.70. The van der Waals surface area contributed by atoms with Crippen molar-refractivity contribution in [2.45, 2.75) is 19.1 Å². The fourth-order valence-corrected chi connectivity index (χ4v) is 2.74. The van der Waals surface area contributed by atoms with Crippen molar-refractivity contribution in [3.63, 3.8) is 0 Å². The van der Waals surface area contributed by atoms with Gasteiger partial charge in [-0.15, -0.1) is 0 Å². The van der Waals surface area contributed by atoms with Crippen LogP contribution in [-0.2, 0) is 23.9 Å². The van der Waals surface area contributed by atoms with E-state index < -0.39 is 17.8 Å². The number of fused-ring (bicyclic) bond motifs is 1. The second-order valence-electron chi connectivity index (χ2n) is 5.77. The molecule has 0 aliphatic heterocycles. The first kappa shape index (κ1) is 17.8. The van der Waals surface area contributed by atoms with Crippen molar-refractivity contribution in [2.24, 2.45) is 0 Å². The summed E-state index contributed by atoms with van der Waals surface area (Å²) in [6.45, 7) is 0.118. The number of hydrogen-bond donors (Lipinski definition) is 1. The summed E-state index contributed by atoms with van der Waals surface area (Å²) in [5, 5.41) is 12.6. The smallest absolute Gasteiger partial charge is 0.435 e. The molecule has 3 aromatic rings. The van der Waals surface area contributed by atoms with Crippen LogP contribution < -0.4 is 4.74 Å². The number of carbonyl (C=O) groups is 1. The third-order valence-corrected chi connectivity index (χ3v) is 3.93. The SMILES string of the molecule is COc1ccc(Cn2nc(C(F)(F)F)c3ccc(CC(=O)O)cc32)cc1. The number of hydrogen-bond acceptors (Lipinski definition) is 3. The van der Waals surface area contributed by atoms with Crippen molar-refractivity contribution in [2.75, 3.05) is 7.11 Å². The average molecular weight is 364 g/mol. The van der Waals surface area contributed by atoms with E-state index in [9.17, 15) is 18.0 Å². The standard InChI is InChI=1S/C18H15F3N2O3/c1-26-13-5-2-11(3-6-13)10-23-15-8-12(9-16(24)25)4-7-14(15)17(22-23)18(19,20)21/h2-8H,9-10H2,1H3,(H,24,25). The summed E-state index contributed by atoms with van der Waals surface area (Å²) in [6, 6.07) is 11.0. The van der Waals surface area contributed by atoms with Crippen LogP contribution in [-0.4, -0.2) is 28.0 Å². The number of carboxylic acid groups (broad SMARTS) is 1. The monoisotopic (exact) mass is 364 g/mol. The summed E-state index contributed by atoms with van der Waals surface area (Å²) in [5.74, 6) is -0.416. The highest BCUT2D eigenvalue weighted by atomic mass is 19.4. The molecule has 2 aromatic carbocycles. The zero-order valence-corrected chi connectivity index (χ0v) is 13.7. The number of halogens is 3. The van der Waals surface area contributed by atoms with Gasteiger partial charge in [0.15, 0.2) is 5.69 Å². The van der Waals surface area contributed by atoms with Crippen molar-refractivity contribution >= 4 is 16.9 Å². The fraction of sp³-hybridized carbons (Fsp3) is 0.222. The van der Waals surface area contributed by atoms with E-state index in [1.54, 1.807) is 24.3 Å². The lowest BCUT2D eigenvalue weighted by Gasteiger charge is -2.06. The van der Waals surface area contributed by atoms with Crippen LogP contribution in [0.2, 0.25) is 0 Å². The fourth-order valence-electron chi connectivity index (χ4n) is 2.74. The highest BCUT2D eigenvalue weighted by molar-refractivity contribution is 5.84. The van der Waals surface area contributed by atoms with Crippen LogP contribution in [0.3, 0.4) is 0 Å². The number of ether oxygens (including phenoxy) is 1. The van der Waals surface area contributed by atoms with Crippen molar-refractivity contribution in [3.05, 3.63) is 59.3 Å². The zero-order valence-electron chi connectivity index (χ0n) is 13.7. The Kier molecular flexibility index (Phi) is 4.58. The minimum absolute atomic E-state index is 0.0554. The molecule has 0 amide bonds. The summed E-state index contributed by atoms with van der Waals surface area (Å²) in [5.41, 5.74) is 0.414. The lowest BCUT2D eigenvalue weighted by Crippen LogP contribution is -2.08. The molecule has 136 valence electrons. The Morgan fingerprint density at radius 1 is 1.15 bits per heavy atom. The molecule has 0 spiro atoms. The second-order valence-corrected chi connectivity index (χ2v) is 5.77. The van der Waals surface area contributed by atoms with Crippen molar-refractivity contribution < 1.29 is 27.8 Å². The Bertz CT molecular complexity index is 947. The normalized spacial score (nSPS) is 11.7. The van der Waals surface area contributed by atoms with Gasteiger partial charge in [-0.1, -0.05) is 24.3 Å². The number of aromatic nitrogens is 2. The number of methoxy groups -OCH3 is 1. The largest absolute Gasteiger partial charge is 0.497 e. The van der Waals surface area contributed by atoms with Gasteiger partial charge in [0.2, 0.25) is 0 Å². The molecule has 0 aliphatic carbocycles. The van der Waals surface area contributed by atoms with Crippen LogP contribution in [0.1, 0.15) is 16.8 Å². The quantitative estimate of drug-likeness (QED) is 0.749. The molecule has 0 atom stereocenters. The van der Waals surface area contributed by atoms with E-state index in [0.29, 0.717) is 11.3 Å². The van der Waals surface area contributed by atoms with Gasteiger partial charge in [0, 0.05) is 5.39 Å². The molecular weight excluding hydrogens is 349 g/mol.